The zero-order valence-electron chi connectivity index (χ0n) is 20.3. The summed E-state index contributed by atoms with van der Waals surface area (Å²) in [6.45, 7) is 4.23. The van der Waals surface area contributed by atoms with E-state index < -0.39 is 27.7 Å². The second kappa shape index (κ2) is 11.1. The van der Waals surface area contributed by atoms with E-state index in [2.05, 4.69) is 9.62 Å². The Hall–Kier alpha value is -3.44. The number of nitrogens with one attached hydrogen (secondary N) is 1. The van der Waals surface area contributed by atoms with Crippen LogP contribution in [-0.4, -0.2) is 52.0 Å². The first kappa shape index (κ1) is 27.6. The van der Waals surface area contributed by atoms with E-state index in [-0.39, 0.29) is 21.2 Å². The Morgan fingerprint density at radius 1 is 1.00 bits per heavy atom. The first-order chi connectivity index (χ1) is 18.0. The van der Waals surface area contributed by atoms with Gasteiger partial charge in [0, 0.05) is 31.9 Å². The van der Waals surface area contributed by atoms with Gasteiger partial charge in [-0.3, -0.25) is 9.52 Å². The van der Waals surface area contributed by atoms with Crippen molar-refractivity contribution in [1.82, 2.24) is 4.90 Å². The van der Waals surface area contributed by atoms with Crippen LogP contribution in [0.15, 0.2) is 71.6 Å². The predicted octanol–water partition coefficient (Wildman–Crippen LogP) is 5.52. The van der Waals surface area contributed by atoms with Crippen LogP contribution in [-0.2, 0) is 16.2 Å². The second-order valence-electron chi connectivity index (χ2n) is 8.51. The van der Waals surface area contributed by atoms with E-state index in [1.54, 1.807) is 4.90 Å². The van der Waals surface area contributed by atoms with Gasteiger partial charge in [0.1, 0.15) is 5.75 Å². The normalized spacial score (nSPS) is 14.3. The maximum atomic E-state index is 13.3. The van der Waals surface area contributed by atoms with E-state index in [9.17, 15) is 26.4 Å². The zero-order valence-corrected chi connectivity index (χ0v) is 21.9. The van der Waals surface area contributed by atoms with E-state index in [0.717, 1.165) is 29.6 Å². The lowest BCUT2D eigenvalue weighted by molar-refractivity contribution is -0.137. The summed E-state index contributed by atoms with van der Waals surface area (Å²) in [5.74, 6) is 0.313. The number of piperazine rings is 1. The molecule has 0 aromatic heterocycles. The fourth-order valence-electron chi connectivity index (χ4n) is 4.13. The van der Waals surface area contributed by atoms with E-state index in [1.807, 2.05) is 31.2 Å². The fourth-order valence-corrected chi connectivity index (χ4v) is 5.40. The molecule has 3 aromatic rings. The minimum atomic E-state index is -4.63. The Morgan fingerprint density at radius 2 is 1.71 bits per heavy atom. The third-order valence-corrected chi connectivity index (χ3v) is 7.70. The number of alkyl halides is 3. The number of anilines is 2. The molecular weight excluding hydrogens is 543 g/mol. The lowest BCUT2D eigenvalue weighted by Crippen LogP contribution is -2.49. The Morgan fingerprint density at radius 3 is 2.39 bits per heavy atom. The van der Waals surface area contributed by atoms with Crippen molar-refractivity contribution >= 4 is 38.9 Å². The van der Waals surface area contributed by atoms with Crippen molar-refractivity contribution in [3.05, 3.63) is 82.9 Å². The number of rotatable bonds is 7. The van der Waals surface area contributed by atoms with Gasteiger partial charge in [-0.1, -0.05) is 29.8 Å². The van der Waals surface area contributed by atoms with Gasteiger partial charge in [0.25, 0.3) is 15.9 Å². The molecule has 0 aliphatic carbocycles. The first-order valence-corrected chi connectivity index (χ1v) is 13.6. The van der Waals surface area contributed by atoms with Crippen LogP contribution in [0.25, 0.3) is 0 Å². The molecule has 1 amide bonds. The standard InChI is InChI=1S/C26H25ClF3N3O4S/c1-2-37-24-9-4-3-8-23(24)32-12-14-33(15-13-32)25(34)21-17-20(10-11-22(21)27)38(35,36)31-19-7-5-6-18(16-19)26(28,29)30/h3-11,16-17,31H,2,12-15H2,1H3. The summed E-state index contributed by atoms with van der Waals surface area (Å²) < 4.78 is 72.8. The molecule has 0 spiro atoms. The number of hydrogen-bond donors (Lipinski definition) is 1. The van der Waals surface area contributed by atoms with Crippen molar-refractivity contribution in [2.45, 2.75) is 18.0 Å². The van der Waals surface area contributed by atoms with Gasteiger partial charge in [-0.05, 0) is 55.5 Å². The van der Waals surface area contributed by atoms with Crippen molar-refractivity contribution in [2.24, 2.45) is 0 Å². The van der Waals surface area contributed by atoms with Gasteiger partial charge < -0.3 is 14.5 Å². The lowest BCUT2D eigenvalue weighted by Gasteiger charge is -2.36. The summed E-state index contributed by atoms with van der Waals surface area (Å²) in [5, 5.41) is 0.0668. The molecule has 0 saturated carbocycles. The molecule has 4 rings (SSSR count). The van der Waals surface area contributed by atoms with Gasteiger partial charge in [-0.15, -0.1) is 0 Å². The van der Waals surface area contributed by atoms with Crippen LogP contribution in [0.5, 0.6) is 5.75 Å². The number of sulfonamides is 1. The highest BCUT2D eigenvalue weighted by molar-refractivity contribution is 7.92. The van der Waals surface area contributed by atoms with Gasteiger partial charge in [0.2, 0.25) is 0 Å². The largest absolute Gasteiger partial charge is 0.492 e. The predicted molar refractivity (Wildman–Crippen MR) is 139 cm³/mol. The number of carbonyl (C=O) groups is 1. The molecule has 0 radical (unpaired) electrons. The molecule has 0 bridgehead atoms. The molecule has 1 fully saturated rings. The lowest BCUT2D eigenvalue weighted by atomic mass is 10.1. The van der Waals surface area contributed by atoms with Crippen molar-refractivity contribution in [2.75, 3.05) is 42.4 Å². The Kier molecular flexibility index (Phi) is 8.08. The number of para-hydroxylation sites is 2. The minimum absolute atomic E-state index is 0.0123. The minimum Gasteiger partial charge on any atom is -0.492 e. The number of nitrogens with zero attached hydrogens (tertiary/aromatic N) is 2. The van der Waals surface area contributed by atoms with E-state index >= 15 is 0 Å². The number of hydrogen-bond acceptors (Lipinski definition) is 5. The number of amides is 1. The SMILES string of the molecule is CCOc1ccccc1N1CCN(C(=O)c2cc(S(=O)(=O)Nc3cccc(C(F)(F)F)c3)ccc2Cl)CC1. The third-order valence-electron chi connectivity index (χ3n) is 5.99. The Labute approximate surface area is 223 Å². The highest BCUT2D eigenvalue weighted by atomic mass is 35.5. The molecule has 12 heteroatoms. The van der Waals surface area contributed by atoms with Gasteiger partial charge in [-0.2, -0.15) is 13.2 Å². The van der Waals surface area contributed by atoms with Crippen molar-refractivity contribution in [1.29, 1.82) is 0 Å². The van der Waals surface area contributed by atoms with Crippen LogP contribution in [0, 0.1) is 0 Å². The molecule has 7 nitrogen and oxygen atoms in total. The average Bonchev–Trinajstić information content (AvgIpc) is 2.88. The number of ether oxygens (including phenoxy) is 1. The van der Waals surface area contributed by atoms with Crippen molar-refractivity contribution in [3.63, 3.8) is 0 Å². The van der Waals surface area contributed by atoms with Gasteiger partial charge in [0.15, 0.2) is 0 Å². The fraction of sp³-hybridized carbons (Fsp3) is 0.269. The summed E-state index contributed by atoms with van der Waals surface area (Å²) >= 11 is 6.26. The highest BCUT2D eigenvalue weighted by Crippen LogP contribution is 2.32. The summed E-state index contributed by atoms with van der Waals surface area (Å²) in [6.07, 6.45) is -4.63. The molecule has 1 saturated heterocycles. The smallest absolute Gasteiger partial charge is 0.416 e. The monoisotopic (exact) mass is 567 g/mol. The molecule has 0 atom stereocenters. The van der Waals surface area contributed by atoms with Crippen LogP contribution in [0.2, 0.25) is 5.02 Å². The average molecular weight is 568 g/mol. The van der Waals surface area contributed by atoms with Gasteiger partial charge >= 0.3 is 6.18 Å². The van der Waals surface area contributed by atoms with Crippen LogP contribution in [0.1, 0.15) is 22.8 Å². The maximum absolute atomic E-state index is 13.3. The summed E-state index contributed by atoms with van der Waals surface area (Å²) in [5.41, 5.74) is -0.339. The maximum Gasteiger partial charge on any atom is 0.416 e. The molecule has 1 heterocycles. The quantitative estimate of drug-likeness (QED) is 0.407. The van der Waals surface area contributed by atoms with Crippen LogP contribution >= 0.6 is 11.6 Å². The summed E-state index contributed by atoms with van der Waals surface area (Å²) in [6, 6.07) is 15.1. The molecule has 1 N–H and O–H groups in total. The van der Waals surface area contributed by atoms with E-state index in [1.165, 1.54) is 18.2 Å². The molecule has 0 unspecified atom stereocenters. The molecule has 1 aliphatic heterocycles. The number of carbonyl (C=O) groups excluding carboxylic acids is 1. The molecule has 1 aliphatic rings. The van der Waals surface area contributed by atoms with Gasteiger partial charge in [0.05, 0.1) is 33.3 Å². The topological polar surface area (TPSA) is 79.0 Å². The molecule has 38 heavy (non-hydrogen) atoms. The zero-order chi connectivity index (χ0) is 27.5. The van der Waals surface area contributed by atoms with Crippen LogP contribution < -0.4 is 14.4 Å². The second-order valence-corrected chi connectivity index (χ2v) is 10.6. The third kappa shape index (κ3) is 6.16. The van der Waals surface area contributed by atoms with Crippen LogP contribution in [0.3, 0.4) is 0 Å². The number of halogens is 4. The molecule has 202 valence electrons. The van der Waals surface area contributed by atoms with Crippen molar-refractivity contribution in [3.8, 4) is 5.75 Å². The van der Waals surface area contributed by atoms with Crippen molar-refractivity contribution < 1.29 is 31.1 Å². The van der Waals surface area contributed by atoms with E-state index in [0.29, 0.717) is 38.9 Å². The highest BCUT2D eigenvalue weighted by Gasteiger charge is 2.31. The summed E-state index contributed by atoms with van der Waals surface area (Å²) in [7, 11) is -4.30. The Balaban J connectivity index is 1.50. The van der Waals surface area contributed by atoms with E-state index in [4.69, 9.17) is 16.3 Å². The number of benzene rings is 3. The molecule has 3 aromatic carbocycles. The van der Waals surface area contributed by atoms with Gasteiger partial charge in [-0.25, -0.2) is 8.42 Å². The Bertz CT molecular complexity index is 1430. The molecular formula is C26H25ClF3N3O4S. The summed E-state index contributed by atoms with van der Waals surface area (Å²) in [4.78, 5) is 16.7. The van der Waals surface area contributed by atoms with Crippen LogP contribution in [0.4, 0.5) is 24.5 Å². The first-order valence-electron chi connectivity index (χ1n) is 11.8.